The number of fused-ring (bicyclic) bond motifs is 1. The highest BCUT2D eigenvalue weighted by atomic mass is 32.2. The number of para-hydroxylation sites is 1. The van der Waals surface area contributed by atoms with Crippen LogP contribution in [0.15, 0.2) is 130 Å². The molecule has 0 aromatic heterocycles. The van der Waals surface area contributed by atoms with Crippen molar-refractivity contribution in [3.63, 3.8) is 0 Å². The molecule has 0 spiro atoms. The molecule has 1 saturated heterocycles. The first-order valence-corrected chi connectivity index (χ1v) is 18.6. The average molecular weight is 689 g/mol. The van der Waals surface area contributed by atoms with E-state index in [0.717, 1.165) is 29.0 Å². The van der Waals surface area contributed by atoms with E-state index in [4.69, 9.17) is 9.29 Å². The van der Waals surface area contributed by atoms with Crippen molar-refractivity contribution >= 4 is 37.3 Å². The van der Waals surface area contributed by atoms with E-state index in [1.165, 1.54) is 12.1 Å². The van der Waals surface area contributed by atoms with Gasteiger partial charge in [-0.2, -0.15) is 8.42 Å². The van der Waals surface area contributed by atoms with Crippen LogP contribution in [0.3, 0.4) is 0 Å². The number of nitrogens with zero attached hydrogens (tertiary/aromatic N) is 2. The topological polar surface area (TPSA) is 121 Å². The molecule has 6 rings (SSSR count). The summed E-state index contributed by atoms with van der Waals surface area (Å²) in [5.74, 6) is -0.278. The third kappa shape index (κ3) is 6.89. The van der Waals surface area contributed by atoms with Crippen LogP contribution in [0.2, 0.25) is 0 Å². The molecule has 1 fully saturated rings. The van der Waals surface area contributed by atoms with E-state index in [-0.39, 0.29) is 32.9 Å². The molecule has 0 radical (unpaired) electrons. The van der Waals surface area contributed by atoms with Gasteiger partial charge in [0.1, 0.15) is 6.04 Å². The van der Waals surface area contributed by atoms with Gasteiger partial charge < -0.3 is 14.5 Å². The predicted octanol–water partition coefficient (Wildman–Crippen LogP) is 6.58. The number of sulfone groups is 1. The van der Waals surface area contributed by atoms with Crippen LogP contribution < -0.4 is 9.80 Å². The van der Waals surface area contributed by atoms with Crippen molar-refractivity contribution < 1.29 is 30.9 Å². The number of hydrogen-bond acceptors (Lipinski definition) is 8. The van der Waals surface area contributed by atoms with Crippen molar-refractivity contribution in [1.82, 2.24) is 0 Å². The number of cyclic esters (lactones) is 1. The maximum atomic E-state index is 13.3. The Hall–Kier alpha value is -4.45. The second kappa shape index (κ2) is 13.6. The molecule has 1 N–H and O–H groups in total. The third-order valence-electron chi connectivity index (χ3n) is 8.82. The molecule has 2 heterocycles. The highest BCUT2D eigenvalue weighted by molar-refractivity contribution is 7.91. The lowest BCUT2D eigenvalue weighted by molar-refractivity contribution is -0.141. The van der Waals surface area contributed by atoms with E-state index < -0.39 is 31.4 Å². The monoisotopic (exact) mass is 688 g/mol. The van der Waals surface area contributed by atoms with Gasteiger partial charge in [0.2, 0.25) is 9.84 Å². The second-order valence-electron chi connectivity index (χ2n) is 12.3. The Labute approximate surface area is 283 Å². The molecule has 2 aliphatic heterocycles. The zero-order valence-corrected chi connectivity index (χ0v) is 29.1. The molecule has 3 atom stereocenters. The van der Waals surface area contributed by atoms with Crippen molar-refractivity contribution in [2.75, 3.05) is 16.3 Å². The minimum absolute atomic E-state index is 0.0662. The fraction of sp³-hybridized carbons (Fsp3) is 0.270. The van der Waals surface area contributed by atoms with Crippen molar-refractivity contribution in [2.45, 2.75) is 73.0 Å². The van der Waals surface area contributed by atoms with Gasteiger partial charge in [0, 0.05) is 23.3 Å². The molecule has 9 nitrogen and oxygen atoms in total. The summed E-state index contributed by atoms with van der Waals surface area (Å²) in [5, 5.41) is 0. The summed E-state index contributed by atoms with van der Waals surface area (Å²) in [6.45, 7) is 10.8. The molecule has 0 bridgehead atoms. The average Bonchev–Trinajstić information content (AvgIpc) is 3.47. The van der Waals surface area contributed by atoms with E-state index in [2.05, 4.69) is 31.7 Å². The lowest BCUT2D eigenvalue weighted by Gasteiger charge is -2.32. The molecule has 4 aromatic rings. The third-order valence-corrected chi connectivity index (χ3v) is 11.5. The summed E-state index contributed by atoms with van der Waals surface area (Å²) >= 11 is 0. The maximum Gasteiger partial charge on any atom is 0.334 e. The van der Waals surface area contributed by atoms with Gasteiger partial charge >= 0.3 is 5.97 Å². The van der Waals surface area contributed by atoms with Crippen LogP contribution in [-0.2, 0) is 34.9 Å². The summed E-state index contributed by atoms with van der Waals surface area (Å²) in [6.07, 6.45) is 3.64. The summed E-state index contributed by atoms with van der Waals surface area (Å²) in [7, 11) is -7.65. The van der Waals surface area contributed by atoms with Crippen molar-refractivity contribution in [1.29, 1.82) is 0 Å². The zero-order valence-electron chi connectivity index (χ0n) is 27.5. The molecule has 3 unspecified atom stereocenters. The molecule has 0 saturated carbocycles. The van der Waals surface area contributed by atoms with Crippen LogP contribution in [0.4, 0.5) is 11.4 Å². The Morgan fingerprint density at radius 3 is 1.98 bits per heavy atom. The number of hydrogen-bond donors (Lipinski definition) is 1. The summed E-state index contributed by atoms with van der Waals surface area (Å²) in [4.78, 5) is 17.5. The van der Waals surface area contributed by atoms with Gasteiger partial charge in [-0.15, -0.1) is 0 Å². The molecular weight excluding hydrogens is 649 g/mol. The van der Waals surface area contributed by atoms with Crippen LogP contribution >= 0.6 is 0 Å². The van der Waals surface area contributed by atoms with Crippen LogP contribution in [0.25, 0.3) is 0 Å². The quantitative estimate of drug-likeness (QED) is 0.130. The Balaban J connectivity index is 0.000000349. The number of benzene rings is 4. The first kappa shape index (κ1) is 34.9. The minimum Gasteiger partial charge on any atom is -0.440 e. The van der Waals surface area contributed by atoms with E-state index in [0.29, 0.717) is 0 Å². The van der Waals surface area contributed by atoms with Crippen molar-refractivity contribution in [2.24, 2.45) is 0 Å². The van der Waals surface area contributed by atoms with Gasteiger partial charge in [0.05, 0.1) is 20.7 Å². The SMILES string of the molecule is CCN1c2ccc(S(=O)(=O)c3ccccc3)cc2C(C)(C)C1C=CC1C(=O)OC(C)N1c1ccccc1.Cc1ccc(S(=O)(=O)O)cc1. The molecule has 0 aliphatic carbocycles. The fourth-order valence-corrected chi connectivity index (χ4v) is 8.08. The van der Waals surface area contributed by atoms with E-state index >= 15 is 0 Å². The summed E-state index contributed by atoms with van der Waals surface area (Å²) in [5.41, 5.74) is 3.47. The first-order chi connectivity index (χ1) is 22.7. The van der Waals surface area contributed by atoms with Crippen LogP contribution in [-0.4, -0.2) is 52.2 Å². The smallest absolute Gasteiger partial charge is 0.334 e. The van der Waals surface area contributed by atoms with Crippen LogP contribution in [0.1, 0.15) is 38.8 Å². The molecular formula is C37H40N2O7S2. The normalized spacial score (nSPS) is 20.3. The Morgan fingerprint density at radius 1 is 0.812 bits per heavy atom. The van der Waals surface area contributed by atoms with Gasteiger partial charge in [-0.25, -0.2) is 13.2 Å². The Kier molecular flexibility index (Phi) is 9.87. The molecule has 11 heteroatoms. The van der Waals surface area contributed by atoms with Crippen LogP contribution in [0, 0.1) is 6.92 Å². The van der Waals surface area contributed by atoms with Crippen molar-refractivity contribution in [3.8, 4) is 0 Å². The summed E-state index contributed by atoms with van der Waals surface area (Å²) in [6, 6.07) is 29.1. The van der Waals surface area contributed by atoms with Gasteiger partial charge in [-0.05, 0) is 80.9 Å². The standard InChI is InChI=1S/C30H32N2O4S.C7H8O3S/c1-5-31-26-17-16-24(37(34,35)23-14-10-7-11-15-23)20-25(26)30(3,4)28(31)19-18-27-29(33)36-21(2)32(27)22-12-8-6-9-13-22;1-6-2-4-7(5-3-6)11(8,9)10/h6-21,27-28H,5H2,1-4H3;2-5H,1H3,(H,8,9,10). The number of carbonyl (C=O) groups is 1. The van der Waals surface area contributed by atoms with Gasteiger partial charge in [0.25, 0.3) is 10.1 Å². The van der Waals surface area contributed by atoms with Gasteiger partial charge in [-0.1, -0.05) is 80.1 Å². The molecule has 48 heavy (non-hydrogen) atoms. The molecule has 2 aliphatic rings. The largest absolute Gasteiger partial charge is 0.440 e. The molecule has 252 valence electrons. The lowest BCUT2D eigenvalue weighted by Crippen LogP contribution is -2.41. The maximum absolute atomic E-state index is 13.3. The zero-order chi connectivity index (χ0) is 34.9. The fourth-order valence-electron chi connectivity index (χ4n) is 6.29. The molecule has 4 aromatic carbocycles. The number of carbonyl (C=O) groups excluding carboxylic acids is 1. The van der Waals surface area contributed by atoms with E-state index in [9.17, 15) is 21.6 Å². The number of anilines is 2. The highest BCUT2D eigenvalue weighted by Crippen LogP contribution is 2.47. The van der Waals surface area contributed by atoms with Gasteiger partial charge in [0.15, 0.2) is 6.23 Å². The molecule has 0 amide bonds. The van der Waals surface area contributed by atoms with E-state index in [1.807, 2.05) is 67.3 Å². The number of likely N-dealkylation sites (N-methyl/N-ethyl adjacent to an activating group) is 1. The number of ether oxygens (including phenoxy) is 1. The Bertz CT molecular complexity index is 2010. The predicted molar refractivity (Wildman–Crippen MR) is 187 cm³/mol. The van der Waals surface area contributed by atoms with Gasteiger partial charge in [-0.3, -0.25) is 4.55 Å². The van der Waals surface area contributed by atoms with E-state index in [1.54, 1.807) is 48.5 Å². The second-order valence-corrected chi connectivity index (χ2v) is 15.7. The first-order valence-electron chi connectivity index (χ1n) is 15.6. The number of aryl methyl sites for hydroxylation is 1. The summed E-state index contributed by atoms with van der Waals surface area (Å²) < 4.78 is 61.8. The lowest BCUT2D eigenvalue weighted by atomic mass is 9.80. The number of rotatable bonds is 7. The minimum atomic E-state index is -4.02. The number of esters is 1. The van der Waals surface area contributed by atoms with Crippen molar-refractivity contribution in [3.05, 3.63) is 126 Å². The Morgan fingerprint density at radius 2 is 1.40 bits per heavy atom. The van der Waals surface area contributed by atoms with Crippen LogP contribution in [0.5, 0.6) is 0 Å². The highest BCUT2D eigenvalue weighted by Gasteiger charge is 2.44.